The van der Waals surface area contributed by atoms with Gasteiger partial charge in [-0.15, -0.1) is 0 Å². The fourth-order valence-corrected chi connectivity index (χ4v) is 4.09. The number of carbonyl (C=O) groups excluding carboxylic acids is 5. The van der Waals surface area contributed by atoms with Crippen molar-refractivity contribution in [2.24, 2.45) is 5.73 Å². The Hall–Kier alpha value is -2.81. The van der Waals surface area contributed by atoms with E-state index in [1.165, 1.54) is 20.8 Å². The van der Waals surface area contributed by atoms with E-state index >= 15 is 0 Å². The number of ether oxygens (including phenoxy) is 5. The molecule has 5 atom stereocenters. The van der Waals surface area contributed by atoms with Gasteiger partial charge in [0.1, 0.15) is 12.1 Å². The van der Waals surface area contributed by atoms with Gasteiger partial charge in [-0.1, -0.05) is 6.92 Å². The fraction of sp³-hybridized carbons (Fsp3) is 0.808. The molecule has 1 aliphatic rings. The van der Waals surface area contributed by atoms with Gasteiger partial charge in [0.25, 0.3) is 0 Å². The van der Waals surface area contributed by atoms with Crippen molar-refractivity contribution < 1.29 is 47.7 Å². The minimum Gasteiger partial charge on any atom is -0.456 e. The van der Waals surface area contributed by atoms with E-state index in [4.69, 9.17) is 29.4 Å². The van der Waals surface area contributed by atoms with Crippen molar-refractivity contribution in [3.8, 4) is 0 Å². The molecule has 3 amide bonds. The zero-order valence-corrected chi connectivity index (χ0v) is 24.0. The summed E-state index contributed by atoms with van der Waals surface area (Å²) in [5.74, 6) is -1.80. The second kappa shape index (κ2) is 20.1. The Balaban J connectivity index is 2.45. The lowest BCUT2D eigenvalue weighted by atomic mass is 9.94. The summed E-state index contributed by atoms with van der Waals surface area (Å²) in [5.41, 5.74) is 5.31. The molecule has 40 heavy (non-hydrogen) atoms. The molecule has 1 fully saturated rings. The summed E-state index contributed by atoms with van der Waals surface area (Å²) in [6, 6.07) is -0.907. The van der Waals surface area contributed by atoms with Crippen molar-refractivity contribution >= 4 is 29.7 Å². The molecule has 1 aliphatic heterocycles. The van der Waals surface area contributed by atoms with Crippen LogP contribution < -0.4 is 21.7 Å². The molecule has 0 aromatic heterocycles. The van der Waals surface area contributed by atoms with Gasteiger partial charge < -0.3 is 45.4 Å². The molecule has 0 bridgehead atoms. The molecule has 14 nitrogen and oxygen atoms in total. The molecule has 0 spiro atoms. The molecule has 0 radical (unpaired) electrons. The van der Waals surface area contributed by atoms with Crippen LogP contribution in [0.15, 0.2) is 0 Å². The zero-order valence-electron chi connectivity index (χ0n) is 24.0. The third-order valence-corrected chi connectivity index (χ3v) is 5.84. The molecule has 1 heterocycles. The molecule has 5 N–H and O–H groups in total. The Bertz CT molecular complexity index is 812. The molecule has 14 heteroatoms. The van der Waals surface area contributed by atoms with Crippen molar-refractivity contribution in [3.05, 3.63) is 0 Å². The molecule has 1 rings (SSSR count). The average molecular weight is 575 g/mol. The number of rotatable bonds is 19. The second-order valence-corrected chi connectivity index (χ2v) is 9.36. The van der Waals surface area contributed by atoms with Gasteiger partial charge in [-0.2, -0.15) is 0 Å². The van der Waals surface area contributed by atoms with E-state index in [1.54, 1.807) is 0 Å². The van der Waals surface area contributed by atoms with E-state index < -0.39 is 48.5 Å². The van der Waals surface area contributed by atoms with Gasteiger partial charge in [-0.3, -0.25) is 24.0 Å². The number of amides is 3. The summed E-state index contributed by atoms with van der Waals surface area (Å²) in [5, 5.41) is 8.27. The monoisotopic (exact) mass is 574 g/mol. The van der Waals surface area contributed by atoms with E-state index in [9.17, 15) is 24.0 Å². The zero-order chi connectivity index (χ0) is 29.9. The summed E-state index contributed by atoms with van der Waals surface area (Å²) in [7, 11) is 0. The van der Waals surface area contributed by atoms with Crippen LogP contribution in [-0.4, -0.2) is 99.8 Å². The van der Waals surface area contributed by atoms with Gasteiger partial charge in [-0.25, -0.2) is 0 Å². The van der Waals surface area contributed by atoms with E-state index in [0.29, 0.717) is 58.5 Å². The van der Waals surface area contributed by atoms with E-state index in [1.807, 2.05) is 6.92 Å². The highest BCUT2D eigenvalue weighted by Crippen LogP contribution is 2.29. The molecular formula is C26H46N4O10. The van der Waals surface area contributed by atoms with Crippen molar-refractivity contribution in [2.75, 3.05) is 39.5 Å². The molecule has 0 aromatic rings. The van der Waals surface area contributed by atoms with Crippen LogP contribution in [0.1, 0.15) is 66.2 Å². The van der Waals surface area contributed by atoms with Crippen LogP contribution in [0.3, 0.4) is 0 Å². The summed E-state index contributed by atoms with van der Waals surface area (Å²) in [6.45, 7) is 7.87. The number of esters is 2. The Morgan fingerprint density at radius 2 is 1.43 bits per heavy atom. The van der Waals surface area contributed by atoms with Crippen LogP contribution in [0, 0.1) is 0 Å². The Morgan fingerprint density at radius 1 is 0.800 bits per heavy atom. The van der Waals surface area contributed by atoms with Gasteiger partial charge >= 0.3 is 11.9 Å². The summed E-state index contributed by atoms with van der Waals surface area (Å²) in [4.78, 5) is 59.2. The first-order valence-electron chi connectivity index (χ1n) is 13.8. The normalized spacial score (nSPS) is 22.2. The van der Waals surface area contributed by atoms with Crippen molar-refractivity contribution in [3.63, 3.8) is 0 Å². The maximum absolute atomic E-state index is 12.1. The molecule has 0 aromatic carbocycles. The second-order valence-electron chi connectivity index (χ2n) is 9.36. The van der Waals surface area contributed by atoms with E-state index in [-0.39, 0.29) is 31.3 Å². The number of hydrogen-bond donors (Lipinski definition) is 4. The van der Waals surface area contributed by atoms with Crippen molar-refractivity contribution in [2.45, 2.75) is 96.9 Å². The third kappa shape index (κ3) is 14.5. The average Bonchev–Trinajstić information content (AvgIpc) is 2.88. The van der Waals surface area contributed by atoms with E-state index in [0.717, 1.165) is 0 Å². The van der Waals surface area contributed by atoms with Gasteiger partial charge in [0.15, 0.2) is 18.5 Å². The lowest BCUT2D eigenvalue weighted by Crippen LogP contribution is -2.65. The Labute approximate surface area is 235 Å². The minimum atomic E-state index is -1.01. The number of carbonyl (C=O) groups is 5. The molecule has 0 unspecified atom stereocenters. The molecule has 0 aliphatic carbocycles. The van der Waals surface area contributed by atoms with Crippen molar-refractivity contribution in [1.29, 1.82) is 0 Å². The van der Waals surface area contributed by atoms with Gasteiger partial charge in [0.2, 0.25) is 17.7 Å². The first kappa shape index (κ1) is 35.2. The van der Waals surface area contributed by atoms with Gasteiger partial charge in [-0.05, 0) is 25.7 Å². The highest BCUT2D eigenvalue weighted by molar-refractivity contribution is 5.76. The van der Waals surface area contributed by atoms with E-state index in [2.05, 4.69) is 16.0 Å². The smallest absolute Gasteiger partial charge is 0.303 e. The van der Waals surface area contributed by atoms with Crippen LogP contribution >= 0.6 is 0 Å². The third-order valence-electron chi connectivity index (χ3n) is 5.84. The number of nitrogens with one attached hydrogen (secondary N) is 3. The van der Waals surface area contributed by atoms with Gasteiger partial charge in [0, 0.05) is 59.9 Å². The topological polar surface area (TPSA) is 194 Å². The summed E-state index contributed by atoms with van der Waals surface area (Å²) < 4.78 is 27.9. The summed E-state index contributed by atoms with van der Waals surface area (Å²) >= 11 is 0. The maximum atomic E-state index is 12.1. The van der Waals surface area contributed by atoms with Crippen LogP contribution in [0.25, 0.3) is 0 Å². The number of unbranched alkanes of at least 4 members (excludes halogenated alkanes) is 1. The fourth-order valence-electron chi connectivity index (χ4n) is 4.09. The lowest BCUT2D eigenvalue weighted by Gasteiger charge is -2.45. The number of hydrogen-bond acceptors (Lipinski definition) is 11. The molecule has 0 saturated carbocycles. The van der Waals surface area contributed by atoms with Crippen LogP contribution in [0.2, 0.25) is 0 Å². The predicted octanol–water partition coefficient (Wildman–Crippen LogP) is -0.336. The highest BCUT2D eigenvalue weighted by Gasteiger charge is 2.50. The van der Waals surface area contributed by atoms with Crippen molar-refractivity contribution in [1.82, 2.24) is 16.0 Å². The predicted molar refractivity (Wildman–Crippen MR) is 143 cm³/mol. The quantitative estimate of drug-likeness (QED) is 0.116. The first-order chi connectivity index (χ1) is 19.1. The SMILES string of the molecule is CC[C@H]1O[C@@H](OCCCCC(=O)NCCCNC(=O)CCOCCN)[C@H](NC(C)=O)[C@@H](OC(C)=O)[C@H]1OC(C)=O. The Morgan fingerprint density at radius 3 is 2.00 bits per heavy atom. The molecule has 1 saturated heterocycles. The largest absolute Gasteiger partial charge is 0.456 e. The lowest BCUT2D eigenvalue weighted by molar-refractivity contribution is -0.272. The van der Waals surface area contributed by atoms with Gasteiger partial charge in [0.05, 0.1) is 13.2 Å². The standard InChI is InChI=1S/C26H46N4O10/c1-5-20-24(38-18(3)32)25(39-19(4)33)23(30-17(2)31)26(40-20)37-14-7-6-9-21(34)28-12-8-13-29-22(35)10-15-36-16-11-27/h20,23-26H,5-16,27H2,1-4H3,(H,28,34)(H,29,35)(H,30,31)/t20-,23-,24+,25-,26-/m1/s1. The maximum Gasteiger partial charge on any atom is 0.303 e. The Kier molecular flexibility index (Phi) is 17.7. The summed E-state index contributed by atoms with van der Waals surface area (Å²) in [6.07, 6.45) is -0.832. The highest BCUT2D eigenvalue weighted by atomic mass is 16.7. The minimum absolute atomic E-state index is 0.114. The van der Waals surface area contributed by atoms with Crippen LogP contribution in [0.5, 0.6) is 0 Å². The van der Waals surface area contributed by atoms with Crippen LogP contribution in [-0.2, 0) is 47.7 Å². The van der Waals surface area contributed by atoms with Crippen LogP contribution in [0.4, 0.5) is 0 Å². The number of nitrogens with two attached hydrogens (primary N) is 1. The molecule has 230 valence electrons. The molecular weight excluding hydrogens is 528 g/mol. The first-order valence-corrected chi connectivity index (χ1v) is 13.8.